The summed E-state index contributed by atoms with van der Waals surface area (Å²) in [7, 11) is 2.02. The highest BCUT2D eigenvalue weighted by Gasteiger charge is 2.32. The minimum Gasteiger partial charge on any atom is -0.444 e. The number of carbonyl (C=O) groups excluding carboxylic acids is 1. The fourth-order valence-corrected chi connectivity index (χ4v) is 2.30. The fourth-order valence-electron chi connectivity index (χ4n) is 2.30. The average Bonchev–Trinajstić information content (AvgIpc) is 2.86. The molecule has 1 amide bonds. The van der Waals surface area contributed by atoms with Gasteiger partial charge in [0.25, 0.3) is 0 Å². The molecule has 5 heteroatoms. The molecule has 1 aromatic heterocycles. The highest BCUT2D eigenvalue weighted by molar-refractivity contribution is 5.68. The zero-order valence-corrected chi connectivity index (χ0v) is 12.7. The van der Waals surface area contributed by atoms with Gasteiger partial charge < -0.3 is 14.5 Å². The lowest BCUT2D eigenvalue weighted by Crippen LogP contribution is -2.39. The maximum atomic E-state index is 12.0. The molecule has 1 saturated heterocycles. The number of ether oxygens (including phenoxy) is 1. The Morgan fingerprint density at radius 2 is 2.20 bits per heavy atom. The Labute approximate surface area is 120 Å². The SMILES string of the molecule is CN(c1ccccn1)C1CCN(C(=O)OC(C)(C)C)C1. The first kappa shape index (κ1) is 14.6. The van der Waals surface area contributed by atoms with Crippen LogP contribution in [0.2, 0.25) is 0 Å². The van der Waals surface area contributed by atoms with Gasteiger partial charge >= 0.3 is 6.09 Å². The van der Waals surface area contributed by atoms with Crippen molar-refractivity contribution in [2.75, 3.05) is 25.0 Å². The molecule has 0 bridgehead atoms. The van der Waals surface area contributed by atoms with Crippen molar-refractivity contribution in [3.05, 3.63) is 24.4 Å². The lowest BCUT2D eigenvalue weighted by molar-refractivity contribution is 0.0292. The molecule has 1 aliphatic heterocycles. The Morgan fingerprint density at radius 1 is 1.45 bits per heavy atom. The largest absolute Gasteiger partial charge is 0.444 e. The van der Waals surface area contributed by atoms with Crippen LogP contribution in [-0.4, -0.2) is 47.8 Å². The van der Waals surface area contributed by atoms with Gasteiger partial charge in [0.1, 0.15) is 11.4 Å². The maximum absolute atomic E-state index is 12.0. The predicted octanol–water partition coefficient (Wildman–Crippen LogP) is 2.53. The van der Waals surface area contributed by atoms with Crippen LogP contribution < -0.4 is 4.90 Å². The van der Waals surface area contributed by atoms with Crippen molar-refractivity contribution in [3.8, 4) is 0 Å². The molecule has 1 atom stereocenters. The molecule has 0 radical (unpaired) electrons. The van der Waals surface area contributed by atoms with Crippen molar-refractivity contribution >= 4 is 11.9 Å². The molecule has 1 fully saturated rings. The summed E-state index contributed by atoms with van der Waals surface area (Å²) in [4.78, 5) is 20.3. The van der Waals surface area contributed by atoms with E-state index in [9.17, 15) is 4.79 Å². The van der Waals surface area contributed by atoms with Crippen molar-refractivity contribution in [2.45, 2.75) is 38.8 Å². The monoisotopic (exact) mass is 277 g/mol. The van der Waals surface area contributed by atoms with Gasteiger partial charge in [-0.25, -0.2) is 9.78 Å². The number of aromatic nitrogens is 1. The Bertz CT molecular complexity index is 456. The summed E-state index contributed by atoms with van der Waals surface area (Å²) < 4.78 is 5.41. The van der Waals surface area contributed by atoms with E-state index in [0.29, 0.717) is 6.54 Å². The Hall–Kier alpha value is -1.78. The molecule has 110 valence electrons. The van der Waals surface area contributed by atoms with E-state index < -0.39 is 5.60 Å². The summed E-state index contributed by atoms with van der Waals surface area (Å²) in [6, 6.07) is 6.14. The minimum atomic E-state index is -0.442. The smallest absolute Gasteiger partial charge is 0.410 e. The fraction of sp³-hybridized carbons (Fsp3) is 0.600. The van der Waals surface area contributed by atoms with E-state index in [4.69, 9.17) is 4.74 Å². The maximum Gasteiger partial charge on any atom is 0.410 e. The normalized spacial score (nSPS) is 19.0. The summed E-state index contributed by atoms with van der Waals surface area (Å²) in [6.07, 6.45) is 2.49. The second-order valence-electron chi connectivity index (χ2n) is 6.17. The number of nitrogens with zero attached hydrogens (tertiary/aromatic N) is 3. The van der Waals surface area contributed by atoms with Crippen LogP contribution >= 0.6 is 0 Å². The standard InChI is InChI=1S/C15H23N3O2/c1-15(2,3)20-14(19)18-10-8-12(11-18)17(4)13-7-5-6-9-16-13/h5-7,9,12H,8,10-11H2,1-4H3. The Balaban J connectivity index is 1.94. The van der Waals surface area contributed by atoms with Crippen LogP contribution in [-0.2, 0) is 4.74 Å². The quantitative estimate of drug-likeness (QED) is 0.833. The van der Waals surface area contributed by atoms with Gasteiger partial charge in [-0.15, -0.1) is 0 Å². The van der Waals surface area contributed by atoms with Crippen LogP contribution in [0.1, 0.15) is 27.2 Å². The van der Waals surface area contributed by atoms with E-state index in [2.05, 4.69) is 9.88 Å². The topological polar surface area (TPSA) is 45.7 Å². The first-order valence-corrected chi connectivity index (χ1v) is 6.98. The van der Waals surface area contributed by atoms with Crippen molar-refractivity contribution in [2.24, 2.45) is 0 Å². The third-order valence-electron chi connectivity index (χ3n) is 3.37. The van der Waals surface area contributed by atoms with Crippen LogP contribution in [0.5, 0.6) is 0 Å². The second-order valence-corrected chi connectivity index (χ2v) is 6.17. The van der Waals surface area contributed by atoms with Crippen LogP contribution in [0.15, 0.2) is 24.4 Å². The summed E-state index contributed by atoms with van der Waals surface area (Å²) >= 11 is 0. The Morgan fingerprint density at radius 3 is 2.80 bits per heavy atom. The Kier molecular flexibility index (Phi) is 4.16. The number of rotatable bonds is 2. The van der Waals surface area contributed by atoms with E-state index in [1.807, 2.05) is 46.0 Å². The van der Waals surface area contributed by atoms with Gasteiger partial charge in [0.05, 0.1) is 0 Å². The van der Waals surface area contributed by atoms with E-state index in [1.54, 1.807) is 11.1 Å². The lowest BCUT2D eigenvalue weighted by Gasteiger charge is -2.27. The molecule has 0 aliphatic carbocycles. The van der Waals surface area contributed by atoms with Crippen molar-refractivity contribution in [1.82, 2.24) is 9.88 Å². The van der Waals surface area contributed by atoms with Crippen molar-refractivity contribution in [3.63, 3.8) is 0 Å². The van der Waals surface area contributed by atoms with Crippen LogP contribution in [0.3, 0.4) is 0 Å². The number of hydrogen-bond donors (Lipinski definition) is 0. The van der Waals surface area contributed by atoms with Crippen LogP contribution in [0.4, 0.5) is 10.6 Å². The predicted molar refractivity (Wildman–Crippen MR) is 78.9 cm³/mol. The van der Waals surface area contributed by atoms with E-state index in [0.717, 1.165) is 18.8 Å². The number of pyridine rings is 1. The van der Waals surface area contributed by atoms with E-state index >= 15 is 0 Å². The van der Waals surface area contributed by atoms with E-state index in [1.165, 1.54) is 0 Å². The van der Waals surface area contributed by atoms with Crippen LogP contribution in [0.25, 0.3) is 0 Å². The molecule has 1 aromatic rings. The summed E-state index contributed by atoms with van der Waals surface area (Å²) in [5, 5.41) is 0. The minimum absolute atomic E-state index is 0.227. The van der Waals surface area contributed by atoms with Crippen molar-refractivity contribution in [1.29, 1.82) is 0 Å². The van der Waals surface area contributed by atoms with Gasteiger partial charge in [-0.1, -0.05) is 6.07 Å². The highest BCUT2D eigenvalue weighted by Crippen LogP contribution is 2.21. The zero-order chi connectivity index (χ0) is 14.8. The summed E-state index contributed by atoms with van der Waals surface area (Å²) in [5.41, 5.74) is -0.442. The van der Waals surface area contributed by atoms with Gasteiger partial charge in [-0.2, -0.15) is 0 Å². The summed E-state index contributed by atoms with van der Waals surface area (Å²) in [6.45, 7) is 7.08. The first-order chi connectivity index (χ1) is 9.37. The van der Waals surface area contributed by atoms with Gasteiger partial charge in [0, 0.05) is 32.4 Å². The molecule has 1 unspecified atom stereocenters. The molecule has 20 heavy (non-hydrogen) atoms. The number of anilines is 1. The van der Waals surface area contributed by atoms with Gasteiger partial charge in [0.15, 0.2) is 0 Å². The average molecular weight is 277 g/mol. The molecule has 0 spiro atoms. The number of hydrogen-bond acceptors (Lipinski definition) is 4. The molecule has 2 heterocycles. The van der Waals surface area contributed by atoms with E-state index in [-0.39, 0.29) is 12.1 Å². The molecule has 0 saturated carbocycles. The van der Waals surface area contributed by atoms with Crippen LogP contribution in [0, 0.1) is 0 Å². The van der Waals surface area contributed by atoms with Gasteiger partial charge in [-0.05, 0) is 39.3 Å². The molecule has 0 N–H and O–H groups in total. The third-order valence-corrected chi connectivity index (χ3v) is 3.37. The highest BCUT2D eigenvalue weighted by atomic mass is 16.6. The van der Waals surface area contributed by atoms with Gasteiger partial charge in [0.2, 0.25) is 0 Å². The van der Waals surface area contributed by atoms with Crippen molar-refractivity contribution < 1.29 is 9.53 Å². The molecule has 1 aliphatic rings. The first-order valence-electron chi connectivity index (χ1n) is 6.98. The lowest BCUT2D eigenvalue weighted by atomic mass is 10.2. The summed E-state index contributed by atoms with van der Waals surface area (Å²) in [5.74, 6) is 0.934. The molecular weight excluding hydrogens is 254 g/mol. The number of carbonyl (C=O) groups is 1. The number of likely N-dealkylation sites (N-methyl/N-ethyl adjacent to an activating group) is 1. The molecule has 5 nitrogen and oxygen atoms in total. The number of amides is 1. The second kappa shape index (κ2) is 5.69. The molecule has 2 rings (SSSR count). The molecule has 0 aromatic carbocycles. The zero-order valence-electron chi connectivity index (χ0n) is 12.7. The number of likely N-dealkylation sites (tertiary alicyclic amines) is 1. The third kappa shape index (κ3) is 3.62. The molecular formula is C15H23N3O2. The van der Waals surface area contributed by atoms with Gasteiger partial charge in [-0.3, -0.25) is 0 Å².